The van der Waals surface area contributed by atoms with Gasteiger partial charge in [0, 0.05) is 38.8 Å². The molecule has 22 heavy (non-hydrogen) atoms. The van der Waals surface area contributed by atoms with Gasteiger partial charge in [0.2, 0.25) is 0 Å². The first-order chi connectivity index (χ1) is 10.6. The molecule has 1 N–H and O–H groups in total. The number of hydrogen-bond donors (Lipinski definition) is 1. The molecule has 0 unspecified atom stereocenters. The van der Waals surface area contributed by atoms with Crippen LogP contribution in [-0.2, 0) is 11.8 Å². The predicted molar refractivity (Wildman–Crippen MR) is 87.1 cm³/mol. The van der Waals surface area contributed by atoms with Crippen LogP contribution >= 0.6 is 15.9 Å². The molecule has 1 aliphatic rings. The number of aromatic nitrogens is 1. The van der Waals surface area contributed by atoms with Gasteiger partial charge in [-0.3, -0.25) is 9.69 Å². The van der Waals surface area contributed by atoms with Crippen LogP contribution in [0.3, 0.4) is 0 Å². The normalized spacial score (nSPS) is 16.3. The quantitative estimate of drug-likeness (QED) is 0.818. The second-order valence-electron chi connectivity index (χ2n) is 5.45. The Labute approximate surface area is 137 Å². The average molecular weight is 370 g/mol. The van der Waals surface area contributed by atoms with Crippen molar-refractivity contribution in [3.63, 3.8) is 0 Å². The van der Waals surface area contributed by atoms with Crippen LogP contribution in [0.4, 0.5) is 0 Å². The summed E-state index contributed by atoms with van der Waals surface area (Å²) in [5, 5.41) is 2.97. The molecule has 0 aliphatic carbocycles. The van der Waals surface area contributed by atoms with Crippen LogP contribution in [0, 0.1) is 0 Å². The Kier molecular flexibility index (Phi) is 4.85. The maximum absolute atomic E-state index is 12.3. The van der Waals surface area contributed by atoms with Gasteiger partial charge >= 0.3 is 0 Å². The molecule has 2 aromatic heterocycles. The number of hydrogen-bond acceptors (Lipinski definition) is 4. The summed E-state index contributed by atoms with van der Waals surface area (Å²) in [4.78, 5) is 14.6. The fraction of sp³-hybridized carbons (Fsp3) is 0.533. The van der Waals surface area contributed by atoms with E-state index in [0.29, 0.717) is 22.5 Å². The second kappa shape index (κ2) is 6.85. The van der Waals surface area contributed by atoms with E-state index in [0.717, 1.165) is 44.8 Å². The molecule has 120 valence electrons. The highest BCUT2D eigenvalue weighted by Crippen LogP contribution is 2.25. The summed E-state index contributed by atoms with van der Waals surface area (Å²) < 4.78 is 13.3. The number of amides is 1. The summed E-state index contributed by atoms with van der Waals surface area (Å²) in [6, 6.07) is 3.64. The van der Waals surface area contributed by atoms with Crippen LogP contribution in [0.15, 0.2) is 21.2 Å². The molecular formula is C15H20BrN3O3. The molecule has 0 bridgehead atoms. The van der Waals surface area contributed by atoms with Crippen LogP contribution in [0.1, 0.15) is 16.9 Å². The fourth-order valence-corrected chi connectivity index (χ4v) is 3.11. The maximum atomic E-state index is 12.3. The number of nitrogens with one attached hydrogen (secondary N) is 1. The first kappa shape index (κ1) is 15.6. The second-order valence-corrected chi connectivity index (χ2v) is 6.23. The van der Waals surface area contributed by atoms with E-state index in [1.54, 1.807) is 6.07 Å². The van der Waals surface area contributed by atoms with Crippen molar-refractivity contribution in [3.05, 3.63) is 22.5 Å². The smallest absolute Gasteiger partial charge is 0.268 e. The Bertz CT molecular complexity index is 658. The standard InChI is InChI=1S/C15H20BrN3O3/c1-18-11-10-14(16)22-13(11)9-12(18)15(20)17-3-2-4-19-5-7-21-8-6-19/h9-10H,2-8H2,1H3,(H,17,20). The molecule has 0 atom stereocenters. The first-order valence-electron chi connectivity index (χ1n) is 7.48. The van der Waals surface area contributed by atoms with Crippen molar-refractivity contribution in [2.75, 3.05) is 39.4 Å². The van der Waals surface area contributed by atoms with E-state index in [4.69, 9.17) is 9.15 Å². The monoisotopic (exact) mass is 369 g/mol. The lowest BCUT2D eigenvalue weighted by molar-refractivity contribution is 0.0374. The molecular weight excluding hydrogens is 350 g/mol. The third kappa shape index (κ3) is 3.37. The third-order valence-corrected chi connectivity index (χ3v) is 4.36. The number of morpholine rings is 1. The third-order valence-electron chi connectivity index (χ3n) is 3.97. The summed E-state index contributed by atoms with van der Waals surface area (Å²) in [5.41, 5.74) is 2.24. The minimum atomic E-state index is -0.0630. The van der Waals surface area contributed by atoms with Crippen molar-refractivity contribution in [2.24, 2.45) is 7.05 Å². The summed E-state index contributed by atoms with van der Waals surface area (Å²) >= 11 is 3.29. The topological polar surface area (TPSA) is 59.6 Å². The highest BCUT2D eigenvalue weighted by atomic mass is 79.9. The Morgan fingerprint density at radius 2 is 2.14 bits per heavy atom. The number of rotatable bonds is 5. The number of ether oxygens (including phenoxy) is 1. The molecule has 7 heteroatoms. The van der Waals surface area contributed by atoms with Crippen LogP contribution in [0.25, 0.3) is 11.1 Å². The zero-order valence-electron chi connectivity index (χ0n) is 12.6. The molecule has 0 radical (unpaired) electrons. The molecule has 0 aromatic carbocycles. The zero-order valence-corrected chi connectivity index (χ0v) is 14.2. The van der Waals surface area contributed by atoms with E-state index in [9.17, 15) is 4.79 Å². The van der Waals surface area contributed by atoms with Crippen molar-refractivity contribution in [2.45, 2.75) is 6.42 Å². The van der Waals surface area contributed by atoms with Crippen LogP contribution in [0.2, 0.25) is 0 Å². The van der Waals surface area contributed by atoms with Gasteiger partial charge in [0.1, 0.15) is 5.69 Å². The van der Waals surface area contributed by atoms with Gasteiger partial charge in [0.15, 0.2) is 10.3 Å². The first-order valence-corrected chi connectivity index (χ1v) is 8.27. The van der Waals surface area contributed by atoms with Crippen molar-refractivity contribution in [3.8, 4) is 0 Å². The lowest BCUT2D eigenvalue weighted by Crippen LogP contribution is -2.38. The Morgan fingerprint density at radius 3 is 2.86 bits per heavy atom. The van der Waals surface area contributed by atoms with E-state index < -0.39 is 0 Å². The van der Waals surface area contributed by atoms with Gasteiger partial charge in [0.25, 0.3) is 5.91 Å². The number of carbonyl (C=O) groups excluding carboxylic acids is 1. The number of fused-ring (bicyclic) bond motifs is 1. The van der Waals surface area contributed by atoms with Crippen molar-refractivity contribution in [1.82, 2.24) is 14.8 Å². The highest BCUT2D eigenvalue weighted by molar-refractivity contribution is 9.10. The van der Waals surface area contributed by atoms with Gasteiger partial charge < -0.3 is 19.0 Å². The number of nitrogens with zero attached hydrogens (tertiary/aromatic N) is 2. The lowest BCUT2D eigenvalue weighted by Gasteiger charge is -2.26. The zero-order chi connectivity index (χ0) is 15.5. The van der Waals surface area contributed by atoms with E-state index in [1.807, 2.05) is 17.7 Å². The number of aryl methyl sites for hydroxylation is 1. The Balaban J connectivity index is 1.50. The van der Waals surface area contributed by atoms with Gasteiger partial charge in [-0.25, -0.2) is 0 Å². The average Bonchev–Trinajstić information content (AvgIpc) is 3.03. The van der Waals surface area contributed by atoms with E-state index in [2.05, 4.69) is 26.1 Å². The fourth-order valence-electron chi connectivity index (χ4n) is 2.72. The minimum Gasteiger partial charge on any atom is -0.448 e. The lowest BCUT2D eigenvalue weighted by atomic mass is 10.3. The van der Waals surface area contributed by atoms with Crippen molar-refractivity contribution in [1.29, 1.82) is 0 Å². The molecule has 3 rings (SSSR count). The Hall–Kier alpha value is -1.31. The number of carbonyl (C=O) groups is 1. The van der Waals surface area contributed by atoms with Gasteiger partial charge in [-0.1, -0.05) is 0 Å². The SMILES string of the molecule is Cn1c(C(=O)NCCCN2CCOCC2)cc2oc(Br)cc21. The summed E-state index contributed by atoms with van der Waals surface area (Å²) in [6.07, 6.45) is 0.942. The summed E-state index contributed by atoms with van der Waals surface area (Å²) in [7, 11) is 1.87. The molecule has 0 saturated carbocycles. The van der Waals surface area contributed by atoms with Gasteiger partial charge in [-0.2, -0.15) is 0 Å². The molecule has 6 nitrogen and oxygen atoms in total. The molecule has 2 aromatic rings. The van der Waals surface area contributed by atoms with Crippen LogP contribution < -0.4 is 5.32 Å². The number of furan rings is 1. The van der Waals surface area contributed by atoms with Crippen LogP contribution in [-0.4, -0.2) is 54.8 Å². The predicted octanol–water partition coefficient (Wildman–Crippen LogP) is 1.99. The van der Waals surface area contributed by atoms with Gasteiger partial charge in [-0.15, -0.1) is 0 Å². The minimum absolute atomic E-state index is 0.0630. The van der Waals surface area contributed by atoms with E-state index in [-0.39, 0.29) is 5.91 Å². The maximum Gasteiger partial charge on any atom is 0.268 e. The van der Waals surface area contributed by atoms with E-state index in [1.165, 1.54) is 0 Å². The van der Waals surface area contributed by atoms with Gasteiger partial charge in [-0.05, 0) is 28.9 Å². The molecule has 1 saturated heterocycles. The summed E-state index contributed by atoms with van der Waals surface area (Å²) in [5.74, 6) is -0.0630. The molecule has 3 heterocycles. The van der Waals surface area contributed by atoms with Crippen LogP contribution in [0.5, 0.6) is 0 Å². The summed E-state index contributed by atoms with van der Waals surface area (Å²) in [6.45, 7) is 5.25. The van der Waals surface area contributed by atoms with Crippen molar-refractivity contribution < 1.29 is 13.9 Å². The number of halogens is 1. The highest BCUT2D eigenvalue weighted by Gasteiger charge is 2.16. The molecule has 1 aliphatic heterocycles. The van der Waals surface area contributed by atoms with Crippen molar-refractivity contribution >= 4 is 32.9 Å². The Morgan fingerprint density at radius 1 is 1.36 bits per heavy atom. The van der Waals surface area contributed by atoms with Gasteiger partial charge in [0.05, 0.1) is 18.7 Å². The molecule has 1 amide bonds. The largest absolute Gasteiger partial charge is 0.448 e. The van der Waals surface area contributed by atoms with E-state index >= 15 is 0 Å². The molecule has 0 spiro atoms. The molecule has 1 fully saturated rings.